The van der Waals surface area contributed by atoms with Crippen LogP contribution in [-0.2, 0) is 15.9 Å². The zero-order chi connectivity index (χ0) is 16.5. The Morgan fingerprint density at radius 2 is 1.57 bits per heavy atom. The lowest BCUT2D eigenvalue weighted by molar-refractivity contribution is 0.00578. The van der Waals surface area contributed by atoms with E-state index in [0.717, 1.165) is 6.54 Å². The minimum absolute atomic E-state index is 0.274. The maximum Gasteiger partial charge on any atom is 0.487 e. The van der Waals surface area contributed by atoms with Crippen LogP contribution in [0.5, 0.6) is 0 Å². The molecule has 0 amide bonds. The number of likely N-dealkylation sites (tertiary alicyclic amines) is 1. The standard InChI is InChI=1S/C19H28BNO2/c1-18(2)19(3,4)23-20(22-18)12-11-16-7-9-17(10-8-16)15-21-13-5-6-14-21/h7-12H,5-6,13-15H2,1-4H3. The van der Waals surface area contributed by atoms with E-state index in [1.54, 1.807) is 0 Å². The summed E-state index contributed by atoms with van der Waals surface area (Å²) in [6.07, 6.45) is 4.77. The quantitative estimate of drug-likeness (QED) is 0.786. The summed E-state index contributed by atoms with van der Waals surface area (Å²) >= 11 is 0. The molecule has 2 heterocycles. The van der Waals surface area contributed by atoms with Crippen LogP contribution in [0.2, 0.25) is 0 Å². The highest BCUT2D eigenvalue weighted by Crippen LogP contribution is 2.37. The van der Waals surface area contributed by atoms with Crippen LogP contribution in [0.3, 0.4) is 0 Å². The Labute approximate surface area is 140 Å². The molecule has 0 aliphatic carbocycles. The number of hydrogen-bond donors (Lipinski definition) is 0. The van der Waals surface area contributed by atoms with Crippen molar-refractivity contribution in [3.63, 3.8) is 0 Å². The molecule has 2 saturated heterocycles. The van der Waals surface area contributed by atoms with Crippen molar-refractivity contribution in [2.75, 3.05) is 13.1 Å². The maximum absolute atomic E-state index is 5.98. The second-order valence-electron chi connectivity index (χ2n) is 7.71. The molecule has 0 atom stereocenters. The first-order valence-corrected chi connectivity index (χ1v) is 8.71. The van der Waals surface area contributed by atoms with Gasteiger partial charge in [-0.2, -0.15) is 0 Å². The van der Waals surface area contributed by atoms with Crippen molar-refractivity contribution in [1.82, 2.24) is 4.90 Å². The summed E-state index contributed by atoms with van der Waals surface area (Å²) < 4.78 is 12.0. The van der Waals surface area contributed by atoms with E-state index in [1.807, 2.05) is 5.98 Å². The number of rotatable bonds is 4. The van der Waals surface area contributed by atoms with E-state index >= 15 is 0 Å². The van der Waals surface area contributed by atoms with Gasteiger partial charge in [-0.25, -0.2) is 0 Å². The van der Waals surface area contributed by atoms with Crippen LogP contribution in [0.1, 0.15) is 51.7 Å². The fraction of sp³-hybridized carbons (Fsp3) is 0.579. The van der Waals surface area contributed by atoms with Gasteiger partial charge in [0.2, 0.25) is 0 Å². The van der Waals surface area contributed by atoms with Crippen LogP contribution in [0.15, 0.2) is 30.2 Å². The highest BCUT2D eigenvalue weighted by molar-refractivity contribution is 6.52. The molecule has 3 nitrogen and oxygen atoms in total. The van der Waals surface area contributed by atoms with Crippen LogP contribution in [0.25, 0.3) is 6.08 Å². The highest BCUT2D eigenvalue weighted by atomic mass is 16.7. The van der Waals surface area contributed by atoms with E-state index in [4.69, 9.17) is 9.31 Å². The smallest absolute Gasteiger partial charge is 0.400 e. The Hall–Kier alpha value is -1.10. The van der Waals surface area contributed by atoms with Crippen LogP contribution >= 0.6 is 0 Å². The molecule has 1 aromatic carbocycles. The summed E-state index contributed by atoms with van der Waals surface area (Å²) in [4.78, 5) is 2.52. The van der Waals surface area contributed by atoms with E-state index in [1.165, 1.54) is 37.1 Å². The van der Waals surface area contributed by atoms with Crippen molar-refractivity contribution in [1.29, 1.82) is 0 Å². The first kappa shape index (κ1) is 16.8. The Morgan fingerprint density at radius 1 is 1.00 bits per heavy atom. The number of hydrogen-bond acceptors (Lipinski definition) is 3. The average Bonchev–Trinajstić information content (AvgIpc) is 3.05. The Kier molecular flexibility index (Phi) is 4.68. The highest BCUT2D eigenvalue weighted by Gasteiger charge is 2.49. The predicted molar refractivity (Wildman–Crippen MR) is 96.1 cm³/mol. The Balaban J connectivity index is 1.58. The minimum Gasteiger partial charge on any atom is -0.400 e. The summed E-state index contributed by atoms with van der Waals surface area (Å²) in [6.45, 7) is 11.9. The predicted octanol–water partition coefficient (Wildman–Crippen LogP) is 3.93. The zero-order valence-corrected chi connectivity index (χ0v) is 14.8. The normalized spacial score (nSPS) is 23.9. The Bertz CT molecular complexity index is 543. The van der Waals surface area contributed by atoms with Crippen LogP contribution in [0.4, 0.5) is 0 Å². The van der Waals surface area contributed by atoms with Gasteiger partial charge in [0.1, 0.15) is 0 Å². The lowest BCUT2D eigenvalue weighted by Crippen LogP contribution is -2.41. The molecule has 0 radical (unpaired) electrons. The van der Waals surface area contributed by atoms with E-state index < -0.39 is 0 Å². The van der Waals surface area contributed by atoms with Crippen molar-refractivity contribution in [3.05, 3.63) is 41.4 Å². The van der Waals surface area contributed by atoms with Crippen LogP contribution in [0, 0.1) is 0 Å². The molecule has 0 bridgehead atoms. The molecule has 3 rings (SSSR count). The van der Waals surface area contributed by atoms with Crippen molar-refractivity contribution in [3.8, 4) is 0 Å². The second-order valence-corrected chi connectivity index (χ2v) is 7.71. The molecule has 4 heteroatoms. The lowest BCUT2D eigenvalue weighted by atomic mass is 9.89. The number of nitrogens with zero attached hydrogens (tertiary/aromatic N) is 1. The average molecular weight is 313 g/mol. The second kappa shape index (κ2) is 6.42. The summed E-state index contributed by atoms with van der Waals surface area (Å²) in [7, 11) is -0.274. The largest absolute Gasteiger partial charge is 0.487 e. The van der Waals surface area contributed by atoms with Gasteiger partial charge in [0, 0.05) is 6.54 Å². The fourth-order valence-electron chi connectivity index (χ4n) is 3.09. The van der Waals surface area contributed by atoms with E-state index in [-0.39, 0.29) is 18.3 Å². The molecule has 124 valence electrons. The topological polar surface area (TPSA) is 21.7 Å². The molecule has 0 saturated carbocycles. The van der Waals surface area contributed by atoms with Gasteiger partial charge in [0.05, 0.1) is 11.2 Å². The van der Waals surface area contributed by atoms with Crippen molar-refractivity contribution in [2.24, 2.45) is 0 Å². The molecule has 0 spiro atoms. The minimum atomic E-state index is -0.276. The van der Waals surface area contributed by atoms with Crippen LogP contribution in [-0.4, -0.2) is 36.3 Å². The summed E-state index contributed by atoms with van der Waals surface area (Å²) in [5.74, 6) is 2.01. The van der Waals surface area contributed by atoms with Gasteiger partial charge < -0.3 is 9.31 Å². The van der Waals surface area contributed by atoms with Crippen molar-refractivity contribution >= 4 is 13.2 Å². The summed E-state index contributed by atoms with van der Waals surface area (Å²) in [5, 5.41) is 0. The molecule has 2 fully saturated rings. The molecule has 2 aliphatic rings. The molecule has 2 aliphatic heterocycles. The number of benzene rings is 1. The van der Waals surface area contributed by atoms with Gasteiger partial charge in [-0.05, 0) is 64.8 Å². The monoisotopic (exact) mass is 313 g/mol. The van der Waals surface area contributed by atoms with Gasteiger partial charge >= 0.3 is 7.12 Å². The Morgan fingerprint density at radius 3 is 2.13 bits per heavy atom. The first-order valence-electron chi connectivity index (χ1n) is 8.71. The third-order valence-corrected chi connectivity index (χ3v) is 5.30. The first-order chi connectivity index (χ1) is 10.9. The molecule has 0 N–H and O–H groups in total. The molecule has 1 aromatic rings. The van der Waals surface area contributed by atoms with E-state index in [9.17, 15) is 0 Å². The van der Waals surface area contributed by atoms with Crippen molar-refractivity contribution in [2.45, 2.75) is 58.3 Å². The van der Waals surface area contributed by atoms with Gasteiger partial charge in [0.15, 0.2) is 0 Å². The summed E-state index contributed by atoms with van der Waals surface area (Å²) in [5.41, 5.74) is 2.02. The maximum atomic E-state index is 5.98. The van der Waals surface area contributed by atoms with Gasteiger partial charge in [-0.3, -0.25) is 4.90 Å². The van der Waals surface area contributed by atoms with E-state index in [0.29, 0.717) is 0 Å². The third kappa shape index (κ3) is 3.88. The van der Waals surface area contributed by atoms with Gasteiger partial charge in [0.25, 0.3) is 0 Å². The molecular formula is C19H28BNO2. The molecular weight excluding hydrogens is 285 g/mol. The molecule has 0 unspecified atom stereocenters. The van der Waals surface area contributed by atoms with Crippen molar-refractivity contribution < 1.29 is 9.31 Å². The molecule has 23 heavy (non-hydrogen) atoms. The van der Waals surface area contributed by atoms with Crippen LogP contribution < -0.4 is 0 Å². The SMILES string of the molecule is CC1(C)OB(C=Cc2ccc(CN3CCCC3)cc2)OC1(C)C. The van der Waals surface area contributed by atoms with E-state index in [2.05, 4.69) is 62.9 Å². The lowest BCUT2D eigenvalue weighted by Gasteiger charge is -2.32. The summed E-state index contributed by atoms with van der Waals surface area (Å²) in [6, 6.07) is 8.80. The third-order valence-electron chi connectivity index (χ3n) is 5.30. The van der Waals surface area contributed by atoms with Gasteiger partial charge in [-0.15, -0.1) is 0 Å². The fourth-order valence-corrected chi connectivity index (χ4v) is 3.09. The molecule has 0 aromatic heterocycles. The zero-order valence-electron chi connectivity index (χ0n) is 14.8. The van der Waals surface area contributed by atoms with Gasteiger partial charge in [-0.1, -0.05) is 36.3 Å².